The molecule has 3 aromatic rings. The number of hydrogen-bond acceptors (Lipinski definition) is 4. The number of carboxylic acids is 1. The van der Waals surface area contributed by atoms with Gasteiger partial charge in [0, 0.05) is 19.1 Å². The number of benzene rings is 2. The highest BCUT2D eigenvalue weighted by Crippen LogP contribution is 2.44. The fourth-order valence-electron chi connectivity index (χ4n) is 4.89. The second-order valence-corrected chi connectivity index (χ2v) is 10.1. The zero-order valence-corrected chi connectivity index (χ0v) is 21.0. The third-order valence-corrected chi connectivity index (χ3v) is 7.66. The maximum atomic E-state index is 13.6. The van der Waals surface area contributed by atoms with E-state index in [4.69, 9.17) is 16.7 Å². The molecule has 0 saturated heterocycles. The minimum Gasteiger partial charge on any atom is -0.478 e. The standard InChI is InChI=1S/C27H26ClFN4O4/c1-31(27(8-9-27)14-17-2-5-19(6-3-17)26(36)37)25(35)20-15-30-33-11-10-32(16-23(20)33)24(34)13-18-4-7-22(29)21(28)12-18/h2-7,12,15H,8-11,13-14,16H2,1H3,(H,36,37). The van der Waals surface area contributed by atoms with Gasteiger partial charge in [-0.2, -0.15) is 5.10 Å². The first kappa shape index (κ1) is 25.0. The van der Waals surface area contributed by atoms with Gasteiger partial charge in [0.2, 0.25) is 5.91 Å². The summed E-state index contributed by atoms with van der Waals surface area (Å²) >= 11 is 5.86. The Labute approximate surface area is 218 Å². The molecule has 0 radical (unpaired) electrons. The molecule has 1 aliphatic heterocycles. The second-order valence-electron chi connectivity index (χ2n) is 9.74. The number of aromatic nitrogens is 2. The Balaban J connectivity index is 1.28. The highest BCUT2D eigenvalue weighted by Gasteiger charge is 2.49. The molecule has 0 atom stereocenters. The molecule has 1 aliphatic carbocycles. The molecule has 0 unspecified atom stereocenters. The molecule has 10 heteroatoms. The van der Waals surface area contributed by atoms with Crippen LogP contribution >= 0.6 is 11.6 Å². The number of carbonyl (C=O) groups is 3. The molecule has 192 valence electrons. The van der Waals surface area contributed by atoms with Crippen LogP contribution in [-0.2, 0) is 30.7 Å². The Bertz CT molecular complexity index is 1380. The van der Waals surface area contributed by atoms with Gasteiger partial charge in [-0.25, -0.2) is 9.18 Å². The highest BCUT2D eigenvalue weighted by atomic mass is 35.5. The lowest BCUT2D eigenvalue weighted by molar-refractivity contribution is -0.132. The zero-order chi connectivity index (χ0) is 26.3. The number of amides is 2. The first-order valence-electron chi connectivity index (χ1n) is 12.0. The quantitative estimate of drug-likeness (QED) is 0.507. The third kappa shape index (κ3) is 4.96. The van der Waals surface area contributed by atoms with Gasteiger partial charge in [-0.15, -0.1) is 0 Å². The molecule has 5 rings (SSSR count). The van der Waals surface area contributed by atoms with Crippen molar-refractivity contribution < 1.29 is 23.9 Å². The van der Waals surface area contributed by atoms with E-state index in [1.807, 2.05) is 0 Å². The van der Waals surface area contributed by atoms with Crippen molar-refractivity contribution in [2.24, 2.45) is 0 Å². The Kier molecular flexibility index (Phi) is 6.49. The summed E-state index contributed by atoms with van der Waals surface area (Å²) in [5, 5.41) is 13.5. The van der Waals surface area contributed by atoms with Crippen LogP contribution in [0.4, 0.5) is 4.39 Å². The van der Waals surface area contributed by atoms with Gasteiger partial charge in [0.05, 0.1) is 47.6 Å². The van der Waals surface area contributed by atoms with Gasteiger partial charge in [0.1, 0.15) is 5.82 Å². The number of carbonyl (C=O) groups excluding carboxylic acids is 2. The molecule has 0 spiro atoms. The summed E-state index contributed by atoms with van der Waals surface area (Å²) in [6, 6.07) is 11.0. The molecule has 1 saturated carbocycles. The Morgan fingerprint density at radius 1 is 1.11 bits per heavy atom. The van der Waals surface area contributed by atoms with Gasteiger partial charge < -0.3 is 14.9 Å². The van der Waals surface area contributed by atoms with Gasteiger partial charge in [-0.05, 0) is 54.7 Å². The summed E-state index contributed by atoms with van der Waals surface area (Å²) in [4.78, 5) is 41.1. The number of aromatic carboxylic acids is 1. The van der Waals surface area contributed by atoms with E-state index in [0.717, 1.165) is 18.4 Å². The smallest absolute Gasteiger partial charge is 0.335 e. The minimum absolute atomic E-state index is 0.0234. The minimum atomic E-state index is -0.972. The molecule has 2 heterocycles. The lowest BCUT2D eigenvalue weighted by Gasteiger charge is -2.31. The van der Waals surface area contributed by atoms with E-state index < -0.39 is 11.8 Å². The van der Waals surface area contributed by atoms with Crippen molar-refractivity contribution in [2.75, 3.05) is 13.6 Å². The maximum Gasteiger partial charge on any atom is 0.335 e. The zero-order valence-electron chi connectivity index (χ0n) is 20.3. The average molecular weight is 525 g/mol. The van der Waals surface area contributed by atoms with Gasteiger partial charge in [0.25, 0.3) is 5.91 Å². The summed E-state index contributed by atoms with van der Waals surface area (Å²) in [7, 11) is 1.79. The van der Waals surface area contributed by atoms with Crippen LogP contribution < -0.4 is 0 Å². The first-order valence-corrected chi connectivity index (χ1v) is 12.4. The average Bonchev–Trinajstić information content (AvgIpc) is 3.54. The van der Waals surface area contributed by atoms with Gasteiger partial charge >= 0.3 is 5.97 Å². The van der Waals surface area contributed by atoms with E-state index in [0.29, 0.717) is 36.3 Å². The summed E-state index contributed by atoms with van der Waals surface area (Å²) in [5.41, 5.74) is 2.65. The van der Waals surface area contributed by atoms with Crippen molar-refractivity contribution in [3.05, 3.63) is 87.4 Å². The predicted octanol–water partition coefficient (Wildman–Crippen LogP) is 3.81. The molecular weight excluding hydrogens is 499 g/mol. The van der Waals surface area contributed by atoms with Crippen molar-refractivity contribution in [3.63, 3.8) is 0 Å². The van der Waals surface area contributed by atoms with Crippen molar-refractivity contribution in [3.8, 4) is 0 Å². The number of halogens is 2. The number of nitrogens with zero attached hydrogens (tertiary/aromatic N) is 4. The largest absolute Gasteiger partial charge is 0.478 e. The molecule has 1 fully saturated rings. The van der Waals surface area contributed by atoms with E-state index in [9.17, 15) is 18.8 Å². The number of fused-ring (bicyclic) bond motifs is 1. The second kappa shape index (κ2) is 9.63. The Morgan fingerprint density at radius 3 is 2.46 bits per heavy atom. The molecule has 1 N–H and O–H groups in total. The van der Waals surface area contributed by atoms with Gasteiger partial charge in [-0.3, -0.25) is 14.3 Å². The van der Waals surface area contributed by atoms with Crippen molar-refractivity contribution >= 4 is 29.4 Å². The summed E-state index contributed by atoms with van der Waals surface area (Å²) in [6.45, 7) is 1.19. The molecule has 8 nitrogen and oxygen atoms in total. The number of likely N-dealkylation sites (N-methyl/N-ethyl adjacent to an activating group) is 1. The van der Waals surface area contributed by atoms with E-state index in [2.05, 4.69) is 5.10 Å². The van der Waals surface area contributed by atoms with Gasteiger partial charge in [0.15, 0.2) is 0 Å². The molecule has 2 amide bonds. The first-order chi connectivity index (χ1) is 17.7. The van der Waals surface area contributed by atoms with E-state index in [1.54, 1.807) is 58.1 Å². The van der Waals surface area contributed by atoms with Crippen LogP contribution in [0.3, 0.4) is 0 Å². The van der Waals surface area contributed by atoms with Crippen molar-refractivity contribution in [1.82, 2.24) is 19.6 Å². The molecular formula is C27H26ClFN4O4. The van der Waals surface area contributed by atoms with Crippen LogP contribution in [0.2, 0.25) is 5.02 Å². The van der Waals surface area contributed by atoms with E-state index in [1.165, 1.54) is 12.1 Å². The lowest BCUT2D eigenvalue weighted by Crippen LogP contribution is -2.43. The van der Waals surface area contributed by atoms with Crippen molar-refractivity contribution in [2.45, 2.75) is 44.3 Å². The molecule has 2 aliphatic rings. The van der Waals surface area contributed by atoms with Gasteiger partial charge in [-0.1, -0.05) is 29.8 Å². The van der Waals surface area contributed by atoms with Crippen LogP contribution in [0.25, 0.3) is 0 Å². The SMILES string of the molecule is CN(C(=O)c1cnn2c1CN(C(=O)Cc1ccc(F)c(Cl)c1)CC2)C1(Cc2ccc(C(=O)O)cc2)CC1. The Morgan fingerprint density at radius 2 is 1.81 bits per heavy atom. The Hall–Kier alpha value is -3.72. The number of rotatable bonds is 7. The number of carboxylic acid groups (broad SMARTS) is 1. The normalized spacial score (nSPS) is 15.7. The molecule has 0 bridgehead atoms. The number of hydrogen-bond donors (Lipinski definition) is 1. The summed E-state index contributed by atoms with van der Waals surface area (Å²) in [5.74, 6) is -1.79. The van der Waals surface area contributed by atoms with Crippen LogP contribution in [0, 0.1) is 5.82 Å². The molecule has 1 aromatic heterocycles. The van der Waals surface area contributed by atoms with Crippen LogP contribution in [-0.4, -0.2) is 61.6 Å². The van der Waals surface area contributed by atoms with Crippen LogP contribution in [0.15, 0.2) is 48.7 Å². The van der Waals surface area contributed by atoms with E-state index in [-0.39, 0.29) is 40.9 Å². The van der Waals surface area contributed by atoms with Crippen molar-refractivity contribution in [1.29, 1.82) is 0 Å². The molecule has 2 aromatic carbocycles. The summed E-state index contributed by atoms with van der Waals surface area (Å²) < 4.78 is 15.2. The molecule has 37 heavy (non-hydrogen) atoms. The lowest BCUT2D eigenvalue weighted by atomic mass is 10.0. The highest BCUT2D eigenvalue weighted by molar-refractivity contribution is 6.30. The van der Waals surface area contributed by atoms with E-state index >= 15 is 0 Å². The third-order valence-electron chi connectivity index (χ3n) is 7.37. The predicted molar refractivity (Wildman–Crippen MR) is 134 cm³/mol. The topological polar surface area (TPSA) is 95.7 Å². The monoisotopic (exact) mass is 524 g/mol. The maximum absolute atomic E-state index is 13.6. The summed E-state index contributed by atoms with van der Waals surface area (Å²) in [6.07, 6.45) is 3.98. The fraction of sp³-hybridized carbons (Fsp3) is 0.333. The van der Waals surface area contributed by atoms with Crippen LogP contribution in [0.5, 0.6) is 0 Å². The van der Waals surface area contributed by atoms with Crippen LogP contribution in [0.1, 0.15) is 50.4 Å². The fourth-order valence-corrected chi connectivity index (χ4v) is 5.09.